The Balaban J connectivity index is 2.60. The standard InChI is InChI=1S/C13H21N3O3S/c1-7(5-4-6-8(2)14)11(17)15-12-10(13(18)19)9(3)16-20-12/h7-8H,4-6,14H2,1-3H3,(H,15,17)(H,18,19). The van der Waals surface area contributed by atoms with Crippen LogP contribution in [0.4, 0.5) is 5.00 Å². The fourth-order valence-corrected chi connectivity index (χ4v) is 2.61. The highest BCUT2D eigenvalue weighted by Crippen LogP contribution is 2.25. The molecule has 1 amide bonds. The van der Waals surface area contributed by atoms with E-state index < -0.39 is 5.97 Å². The summed E-state index contributed by atoms with van der Waals surface area (Å²) in [6.07, 6.45) is 2.48. The van der Waals surface area contributed by atoms with Crippen LogP contribution < -0.4 is 11.1 Å². The monoisotopic (exact) mass is 299 g/mol. The van der Waals surface area contributed by atoms with Gasteiger partial charge in [0, 0.05) is 12.0 Å². The van der Waals surface area contributed by atoms with Gasteiger partial charge in [0.1, 0.15) is 10.6 Å². The quantitative estimate of drug-likeness (QED) is 0.716. The Hall–Kier alpha value is -1.47. The van der Waals surface area contributed by atoms with E-state index in [0.29, 0.717) is 10.7 Å². The van der Waals surface area contributed by atoms with Crippen LogP contribution in [-0.2, 0) is 4.79 Å². The summed E-state index contributed by atoms with van der Waals surface area (Å²) in [5.74, 6) is -1.44. The Morgan fingerprint density at radius 2 is 2.05 bits per heavy atom. The minimum atomic E-state index is -1.07. The maximum absolute atomic E-state index is 12.0. The Kier molecular flexibility index (Phi) is 6.09. The number of aromatic nitrogens is 1. The SMILES string of the molecule is Cc1nsc(NC(=O)C(C)CCCC(C)N)c1C(=O)O. The van der Waals surface area contributed by atoms with Crippen molar-refractivity contribution in [3.63, 3.8) is 0 Å². The number of carbonyl (C=O) groups excluding carboxylic acids is 1. The van der Waals surface area contributed by atoms with Crippen LogP contribution in [0.1, 0.15) is 49.2 Å². The molecule has 2 unspecified atom stereocenters. The number of amides is 1. The topological polar surface area (TPSA) is 105 Å². The molecule has 20 heavy (non-hydrogen) atoms. The second-order valence-corrected chi connectivity index (χ2v) is 5.85. The lowest BCUT2D eigenvalue weighted by Crippen LogP contribution is -2.22. The van der Waals surface area contributed by atoms with Crippen LogP contribution in [0.25, 0.3) is 0 Å². The Morgan fingerprint density at radius 3 is 2.60 bits per heavy atom. The van der Waals surface area contributed by atoms with E-state index in [-0.39, 0.29) is 23.4 Å². The third-order valence-electron chi connectivity index (χ3n) is 3.06. The summed E-state index contributed by atoms with van der Waals surface area (Å²) in [5.41, 5.74) is 6.16. The molecule has 7 heteroatoms. The first-order chi connectivity index (χ1) is 9.32. The van der Waals surface area contributed by atoms with Crippen molar-refractivity contribution < 1.29 is 14.7 Å². The number of rotatable bonds is 7. The number of hydrogen-bond donors (Lipinski definition) is 3. The number of anilines is 1. The van der Waals surface area contributed by atoms with E-state index in [0.717, 1.165) is 30.8 Å². The van der Waals surface area contributed by atoms with Crippen molar-refractivity contribution >= 4 is 28.4 Å². The molecule has 1 aromatic rings. The third kappa shape index (κ3) is 4.57. The summed E-state index contributed by atoms with van der Waals surface area (Å²) >= 11 is 0.996. The minimum absolute atomic E-state index is 0.0751. The van der Waals surface area contributed by atoms with E-state index in [2.05, 4.69) is 9.69 Å². The first kappa shape index (κ1) is 16.6. The molecule has 0 aliphatic heterocycles. The molecule has 2 atom stereocenters. The maximum atomic E-state index is 12.0. The van der Waals surface area contributed by atoms with Crippen LogP contribution in [-0.4, -0.2) is 27.4 Å². The van der Waals surface area contributed by atoms with Crippen molar-refractivity contribution in [2.75, 3.05) is 5.32 Å². The lowest BCUT2D eigenvalue weighted by atomic mass is 10.0. The molecule has 4 N–H and O–H groups in total. The van der Waals surface area contributed by atoms with Crippen LogP contribution >= 0.6 is 11.5 Å². The average Bonchev–Trinajstić information content (AvgIpc) is 2.69. The number of carbonyl (C=O) groups is 2. The van der Waals surface area contributed by atoms with Crippen LogP contribution in [0.2, 0.25) is 0 Å². The highest BCUT2D eigenvalue weighted by molar-refractivity contribution is 7.11. The summed E-state index contributed by atoms with van der Waals surface area (Å²) in [6, 6.07) is 0.132. The van der Waals surface area contributed by atoms with Gasteiger partial charge in [0.25, 0.3) is 0 Å². The molecule has 0 radical (unpaired) electrons. The Bertz CT molecular complexity index is 485. The van der Waals surface area contributed by atoms with Crippen molar-refractivity contribution in [2.45, 2.75) is 46.1 Å². The highest BCUT2D eigenvalue weighted by Gasteiger charge is 2.21. The van der Waals surface area contributed by atoms with Crippen LogP contribution in [0.5, 0.6) is 0 Å². The van der Waals surface area contributed by atoms with Gasteiger partial charge in [-0.2, -0.15) is 4.37 Å². The van der Waals surface area contributed by atoms with Gasteiger partial charge in [-0.25, -0.2) is 4.79 Å². The van der Waals surface area contributed by atoms with Gasteiger partial charge in [0.05, 0.1) is 5.69 Å². The predicted octanol–water partition coefficient (Wildman–Crippen LogP) is 2.24. The fourth-order valence-electron chi connectivity index (χ4n) is 1.82. The largest absolute Gasteiger partial charge is 0.478 e. The van der Waals surface area contributed by atoms with Gasteiger partial charge in [0.15, 0.2) is 0 Å². The van der Waals surface area contributed by atoms with Crippen LogP contribution in [0.15, 0.2) is 0 Å². The van der Waals surface area contributed by atoms with Crippen molar-refractivity contribution in [1.82, 2.24) is 4.37 Å². The molecule has 0 saturated heterocycles. The number of carboxylic acid groups (broad SMARTS) is 1. The van der Waals surface area contributed by atoms with E-state index in [4.69, 9.17) is 10.8 Å². The number of nitrogens with one attached hydrogen (secondary N) is 1. The second kappa shape index (κ2) is 7.35. The molecule has 6 nitrogen and oxygen atoms in total. The highest BCUT2D eigenvalue weighted by atomic mass is 32.1. The van der Waals surface area contributed by atoms with E-state index in [9.17, 15) is 9.59 Å². The normalized spacial score (nSPS) is 13.8. The second-order valence-electron chi connectivity index (χ2n) is 5.08. The number of aryl methyl sites for hydroxylation is 1. The first-order valence-corrected chi connectivity index (χ1v) is 7.36. The van der Waals surface area contributed by atoms with E-state index in [1.54, 1.807) is 6.92 Å². The van der Waals surface area contributed by atoms with Gasteiger partial charge >= 0.3 is 5.97 Å². The molecule has 0 aliphatic rings. The van der Waals surface area contributed by atoms with E-state index in [1.165, 1.54) is 0 Å². The van der Waals surface area contributed by atoms with Gasteiger partial charge in [-0.3, -0.25) is 4.79 Å². The van der Waals surface area contributed by atoms with Crippen molar-refractivity contribution in [3.8, 4) is 0 Å². The maximum Gasteiger partial charge on any atom is 0.340 e. The Morgan fingerprint density at radius 1 is 1.40 bits per heavy atom. The molecule has 0 saturated carbocycles. The van der Waals surface area contributed by atoms with Gasteiger partial charge in [0.2, 0.25) is 5.91 Å². The predicted molar refractivity (Wildman–Crippen MR) is 79.1 cm³/mol. The first-order valence-electron chi connectivity index (χ1n) is 6.59. The molecule has 1 aromatic heterocycles. The molecular formula is C13H21N3O3S. The number of hydrogen-bond acceptors (Lipinski definition) is 5. The van der Waals surface area contributed by atoms with Crippen LogP contribution in [0, 0.1) is 12.8 Å². The number of aromatic carboxylic acids is 1. The zero-order chi connectivity index (χ0) is 15.3. The van der Waals surface area contributed by atoms with Gasteiger partial charge in [-0.1, -0.05) is 13.3 Å². The van der Waals surface area contributed by atoms with Gasteiger partial charge in [-0.15, -0.1) is 0 Å². The third-order valence-corrected chi connectivity index (χ3v) is 3.91. The smallest absolute Gasteiger partial charge is 0.340 e. The number of carboxylic acids is 1. The fraction of sp³-hybridized carbons (Fsp3) is 0.615. The summed E-state index contributed by atoms with van der Waals surface area (Å²) in [5, 5.41) is 12.1. The summed E-state index contributed by atoms with van der Waals surface area (Å²) in [7, 11) is 0. The van der Waals surface area contributed by atoms with Crippen molar-refractivity contribution in [2.24, 2.45) is 11.7 Å². The van der Waals surface area contributed by atoms with E-state index >= 15 is 0 Å². The molecule has 0 spiro atoms. The number of nitrogens with two attached hydrogens (primary N) is 1. The molecule has 112 valence electrons. The lowest BCUT2D eigenvalue weighted by molar-refractivity contribution is -0.119. The zero-order valence-corrected chi connectivity index (χ0v) is 12.8. The molecule has 1 heterocycles. The van der Waals surface area contributed by atoms with E-state index in [1.807, 2.05) is 13.8 Å². The average molecular weight is 299 g/mol. The van der Waals surface area contributed by atoms with Gasteiger partial charge in [-0.05, 0) is 38.2 Å². The summed E-state index contributed by atoms with van der Waals surface area (Å²) in [6.45, 7) is 5.37. The molecular weight excluding hydrogens is 278 g/mol. The Labute approximate surface area is 122 Å². The summed E-state index contributed by atoms with van der Waals surface area (Å²) < 4.78 is 3.97. The molecule has 0 bridgehead atoms. The molecule has 0 fully saturated rings. The molecule has 0 aliphatic carbocycles. The minimum Gasteiger partial charge on any atom is -0.478 e. The summed E-state index contributed by atoms with van der Waals surface area (Å²) in [4.78, 5) is 23.1. The lowest BCUT2D eigenvalue weighted by Gasteiger charge is -2.12. The molecule has 1 rings (SSSR count). The van der Waals surface area contributed by atoms with Crippen LogP contribution in [0.3, 0.4) is 0 Å². The van der Waals surface area contributed by atoms with Crippen molar-refractivity contribution in [1.29, 1.82) is 0 Å². The zero-order valence-electron chi connectivity index (χ0n) is 12.0. The van der Waals surface area contributed by atoms with Gasteiger partial charge < -0.3 is 16.2 Å². The van der Waals surface area contributed by atoms with Crippen molar-refractivity contribution in [3.05, 3.63) is 11.3 Å². The number of nitrogens with zero attached hydrogens (tertiary/aromatic N) is 1. The molecule has 0 aromatic carbocycles.